The number of Topliss-reactive ketones (excluding diaryl/α,β-unsaturated/α-hetero) is 1. The molecule has 3 fully saturated rings. The van der Waals surface area contributed by atoms with E-state index in [-0.39, 0.29) is 29.6 Å². The van der Waals surface area contributed by atoms with Crippen molar-refractivity contribution < 1.29 is 28.8 Å². The van der Waals surface area contributed by atoms with E-state index in [1.165, 1.54) is 4.90 Å². The zero-order valence-electron chi connectivity index (χ0n) is 24.3. The SMILES string of the molecule is CC(C)(C)NC(=O)N[C@H](C(=O)N1C[C@H]2[C@@H]([C@H]1C(=O)N[C@@H](C[C@@H]1CCNC1=O)C(=O)C(N)=O)C2(C)C)C(C)(C)C. The lowest BCUT2D eigenvalue weighted by Gasteiger charge is -2.38. The van der Waals surface area contributed by atoms with Gasteiger partial charge in [0.05, 0.1) is 6.04 Å². The van der Waals surface area contributed by atoms with Gasteiger partial charge in [-0.15, -0.1) is 0 Å². The predicted molar refractivity (Wildman–Crippen MR) is 143 cm³/mol. The third-order valence-electron chi connectivity index (χ3n) is 8.20. The van der Waals surface area contributed by atoms with Crippen molar-refractivity contribution in [2.24, 2.45) is 34.3 Å². The molecule has 0 bridgehead atoms. The summed E-state index contributed by atoms with van der Waals surface area (Å²) in [6, 6.07) is -3.62. The van der Waals surface area contributed by atoms with E-state index < -0.39 is 64.5 Å². The molecule has 39 heavy (non-hydrogen) atoms. The van der Waals surface area contributed by atoms with E-state index in [0.717, 1.165) is 0 Å². The molecule has 12 heteroatoms. The molecule has 0 aromatic rings. The first-order valence-corrected chi connectivity index (χ1v) is 13.6. The fourth-order valence-corrected chi connectivity index (χ4v) is 5.95. The molecule has 2 heterocycles. The maximum Gasteiger partial charge on any atom is 0.315 e. The van der Waals surface area contributed by atoms with Gasteiger partial charge in [-0.2, -0.15) is 0 Å². The molecule has 0 radical (unpaired) electrons. The molecule has 2 aliphatic heterocycles. The molecule has 1 saturated carbocycles. The molecular weight excluding hydrogens is 504 g/mol. The fourth-order valence-electron chi connectivity index (χ4n) is 5.95. The number of rotatable bonds is 8. The highest BCUT2D eigenvalue weighted by Crippen LogP contribution is 2.65. The van der Waals surface area contributed by atoms with Crippen LogP contribution in [0.4, 0.5) is 4.79 Å². The lowest BCUT2D eigenvalue weighted by molar-refractivity contribution is -0.145. The van der Waals surface area contributed by atoms with Gasteiger partial charge < -0.3 is 31.9 Å². The van der Waals surface area contributed by atoms with Crippen molar-refractivity contribution >= 4 is 35.4 Å². The van der Waals surface area contributed by atoms with Crippen LogP contribution in [0.3, 0.4) is 0 Å². The smallest absolute Gasteiger partial charge is 0.315 e. The molecule has 3 aliphatic rings. The maximum absolute atomic E-state index is 13.9. The van der Waals surface area contributed by atoms with Gasteiger partial charge in [-0.3, -0.25) is 24.0 Å². The van der Waals surface area contributed by atoms with Crippen molar-refractivity contribution in [3.63, 3.8) is 0 Å². The number of nitrogens with two attached hydrogens (primary N) is 1. The van der Waals surface area contributed by atoms with Crippen molar-refractivity contribution in [2.75, 3.05) is 13.1 Å². The van der Waals surface area contributed by atoms with Gasteiger partial charge in [0.2, 0.25) is 23.5 Å². The van der Waals surface area contributed by atoms with Gasteiger partial charge >= 0.3 is 6.03 Å². The number of nitrogens with one attached hydrogen (secondary N) is 4. The minimum absolute atomic E-state index is 0.0589. The van der Waals surface area contributed by atoms with Crippen molar-refractivity contribution in [1.29, 1.82) is 0 Å². The Morgan fingerprint density at radius 1 is 1.08 bits per heavy atom. The quantitative estimate of drug-likeness (QED) is 0.267. The summed E-state index contributed by atoms with van der Waals surface area (Å²) in [4.78, 5) is 78.4. The fraction of sp³-hybridized carbons (Fsp3) is 0.778. The molecule has 0 aromatic heterocycles. The number of carbonyl (C=O) groups excluding carboxylic acids is 6. The zero-order chi connectivity index (χ0) is 29.7. The number of likely N-dealkylation sites (tertiary alicyclic amines) is 1. The van der Waals surface area contributed by atoms with Crippen LogP contribution < -0.4 is 27.0 Å². The van der Waals surface area contributed by atoms with E-state index in [0.29, 0.717) is 19.5 Å². The van der Waals surface area contributed by atoms with Crippen LogP contribution in [-0.4, -0.2) is 77.1 Å². The summed E-state index contributed by atoms with van der Waals surface area (Å²) in [7, 11) is 0. The summed E-state index contributed by atoms with van der Waals surface area (Å²) in [6.07, 6.45) is 0.412. The van der Waals surface area contributed by atoms with Gasteiger partial charge in [-0.25, -0.2) is 4.79 Å². The second-order valence-electron chi connectivity index (χ2n) is 13.8. The van der Waals surface area contributed by atoms with E-state index in [1.54, 1.807) is 0 Å². The number of amides is 6. The standard InChI is InChI=1S/C27H44N6O6/c1-25(2,3)19(31-24(39)32-26(4,5)6)23(38)33-12-14-16(27(14,7)8)17(33)22(37)30-15(18(34)20(28)35)11-13-9-10-29-21(13)36/h13-17,19H,9-12H2,1-8H3,(H2,28,35)(H,29,36)(H,30,37)(H2,31,32,39)/t13-,14-,15-,16-,17-,19+/m0/s1. The van der Waals surface area contributed by atoms with E-state index in [1.807, 2.05) is 55.4 Å². The second-order valence-corrected chi connectivity index (χ2v) is 13.8. The summed E-state index contributed by atoms with van der Waals surface area (Å²) in [6.45, 7) is 15.8. The number of piperidine rings is 1. The van der Waals surface area contributed by atoms with Crippen molar-refractivity contribution in [3.05, 3.63) is 0 Å². The molecule has 1 aliphatic carbocycles. The Kier molecular flexibility index (Phi) is 8.11. The van der Waals surface area contributed by atoms with Gasteiger partial charge in [-0.05, 0) is 56.3 Å². The van der Waals surface area contributed by atoms with Gasteiger partial charge in [0.1, 0.15) is 12.1 Å². The largest absolute Gasteiger partial charge is 0.363 e. The Labute approximate surface area is 229 Å². The van der Waals surface area contributed by atoms with Gasteiger partial charge in [0.25, 0.3) is 5.91 Å². The highest BCUT2D eigenvalue weighted by atomic mass is 16.2. The maximum atomic E-state index is 13.9. The van der Waals surface area contributed by atoms with Crippen LogP contribution in [0.5, 0.6) is 0 Å². The monoisotopic (exact) mass is 548 g/mol. The molecule has 6 atom stereocenters. The third kappa shape index (κ3) is 6.52. The Hall–Kier alpha value is -3.18. The molecule has 6 N–H and O–H groups in total. The van der Waals surface area contributed by atoms with E-state index in [9.17, 15) is 28.8 Å². The molecule has 6 amide bonds. The number of hydrogen-bond donors (Lipinski definition) is 5. The van der Waals surface area contributed by atoms with Crippen LogP contribution in [0, 0.1) is 28.6 Å². The van der Waals surface area contributed by atoms with Gasteiger partial charge in [-0.1, -0.05) is 34.6 Å². The second kappa shape index (κ2) is 10.4. The topological polar surface area (TPSA) is 180 Å². The molecule has 218 valence electrons. The van der Waals surface area contributed by atoms with Crippen LogP contribution >= 0.6 is 0 Å². The lowest BCUT2D eigenvalue weighted by Crippen LogP contribution is -2.62. The average Bonchev–Trinajstić information content (AvgIpc) is 3.14. The number of primary amides is 1. The Balaban J connectivity index is 1.86. The number of nitrogens with zero attached hydrogens (tertiary/aromatic N) is 1. The van der Waals surface area contributed by atoms with Crippen LogP contribution in [0.1, 0.15) is 68.2 Å². The summed E-state index contributed by atoms with van der Waals surface area (Å²) in [5.74, 6) is -4.06. The molecular formula is C27H44N6O6. The first-order chi connectivity index (χ1) is 17.8. The molecule has 0 spiro atoms. The summed E-state index contributed by atoms with van der Waals surface area (Å²) in [5, 5.41) is 10.9. The van der Waals surface area contributed by atoms with Crippen molar-refractivity contribution in [1.82, 2.24) is 26.2 Å². The Morgan fingerprint density at radius 3 is 2.18 bits per heavy atom. The number of hydrogen-bond acceptors (Lipinski definition) is 6. The first kappa shape index (κ1) is 30.4. The summed E-state index contributed by atoms with van der Waals surface area (Å²) < 4.78 is 0. The lowest BCUT2D eigenvalue weighted by atomic mass is 9.85. The Bertz CT molecular complexity index is 1060. The molecule has 2 saturated heterocycles. The minimum Gasteiger partial charge on any atom is -0.363 e. The molecule has 12 nitrogen and oxygen atoms in total. The minimum atomic E-state index is -1.28. The Morgan fingerprint density at radius 2 is 1.69 bits per heavy atom. The summed E-state index contributed by atoms with van der Waals surface area (Å²) >= 11 is 0. The van der Waals surface area contributed by atoms with Crippen LogP contribution in [-0.2, 0) is 24.0 Å². The number of fused-ring (bicyclic) bond motifs is 1. The third-order valence-corrected chi connectivity index (χ3v) is 8.20. The average molecular weight is 549 g/mol. The van der Waals surface area contributed by atoms with Crippen LogP contribution in [0.2, 0.25) is 0 Å². The van der Waals surface area contributed by atoms with E-state index >= 15 is 0 Å². The van der Waals surface area contributed by atoms with Crippen molar-refractivity contribution in [3.8, 4) is 0 Å². The number of ketones is 1. The molecule has 0 aromatic carbocycles. The normalized spacial score (nSPS) is 27.1. The molecule has 3 rings (SSSR count). The van der Waals surface area contributed by atoms with Crippen molar-refractivity contribution in [2.45, 2.75) is 91.9 Å². The van der Waals surface area contributed by atoms with Gasteiger partial charge in [0.15, 0.2) is 0 Å². The summed E-state index contributed by atoms with van der Waals surface area (Å²) in [5.41, 5.74) is 3.86. The van der Waals surface area contributed by atoms with Crippen LogP contribution in [0.15, 0.2) is 0 Å². The highest BCUT2D eigenvalue weighted by molar-refractivity contribution is 6.38. The number of urea groups is 1. The molecule has 0 unspecified atom stereocenters. The van der Waals surface area contributed by atoms with E-state index in [2.05, 4.69) is 21.3 Å². The first-order valence-electron chi connectivity index (χ1n) is 13.6. The highest BCUT2D eigenvalue weighted by Gasteiger charge is 2.70. The van der Waals surface area contributed by atoms with E-state index in [4.69, 9.17) is 5.73 Å². The van der Waals surface area contributed by atoms with Crippen LogP contribution in [0.25, 0.3) is 0 Å². The zero-order valence-corrected chi connectivity index (χ0v) is 24.3. The predicted octanol–water partition coefficient (Wildman–Crippen LogP) is 0.0472. The van der Waals surface area contributed by atoms with Gasteiger partial charge in [0, 0.05) is 24.5 Å². The number of carbonyl (C=O) groups is 6.